The second kappa shape index (κ2) is 6.80. The maximum atomic E-state index is 11.4. The number of carbonyl (C=O) groups excluding carboxylic acids is 1. The molecule has 0 saturated heterocycles. The minimum atomic E-state index is -0.343. The number of nitrogens with one attached hydrogen (secondary N) is 2. The maximum Gasteiger partial charge on any atom is 0.271 e. The van der Waals surface area contributed by atoms with Crippen LogP contribution in [0.25, 0.3) is 0 Å². The van der Waals surface area contributed by atoms with E-state index in [2.05, 4.69) is 20.8 Å². The van der Waals surface area contributed by atoms with Crippen LogP contribution >= 0.6 is 0 Å². The second-order valence-electron chi connectivity index (χ2n) is 3.73. The van der Waals surface area contributed by atoms with E-state index in [-0.39, 0.29) is 12.0 Å². The lowest BCUT2D eigenvalue weighted by Gasteiger charge is -2.06. The predicted octanol–water partition coefficient (Wildman–Crippen LogP) is 0.409. The van der Waals surface area contributed by atoms with Gasteiger partial charge in [-0.2, -0.15) is 0 Å². The Labute approximate surface area is 100 Å². The number of nitrogens with zero attached hydrogens (tertiary/aromatic N) is 2. The lowest BCUT2D eigenvalue weighted by molar-refractivity contribution is 0.0950. The van der Waals surface area contributed by atoms with Crippen LogP contribution in [0.15, 0.2) is 12.1 Å². The van der Waals surface area contributed by atoms with Gasteiger partial charge in [-0.15, -0.1) is 10.2 Å². The van der Waals surface area contributed by atoms with Gasteiger partial charge in [-0.05, 0) is 32.4 Å². The first-order valence-electron chi connectivity index (χ1n) is 5.67. The van der Waals surface area contributed by atoms with E-state index in [9.17, 15) is 4.79 Å². The quantitative estimate of drug-likeness (QED) is 0.668. The van der Waals surface area contributed by atoms with Crippen molar-refractivity contribution in [3.8, 4) is 0 Å². The lowest BCUT2D eigenvalue weighted by Crippen LogP contribution is -2.24. The minimum Gasteiger partial charge on any atom is -0.393 e. The molecule has 1 rings (SSSR count). The van der Waals surface area contributed by atoms with Crippen LogP contribution in [-0.2, 0) is 0 Å². The standard InChI is InChI=1S/C11H18N4O2/c1-3-12-11(17)9-4-5-10(15-14-9)13-7-6-8(2)16/h4-5,8,16H,3,6-7H2,1-2H3,(H,12,17)(H,13,15). The number of hydrogen-bond donors (Lipinski definition) is 3. The number of anilines is 1. The van der Waals surface area contributed by atoms with Gasteiger partial charge >= 0.3 is 0 Å². The highest BCUT2D eigenvalue weighted by Gasteiger charge is 2.06. The molecule has 1 unspecified atom stereocenters. The van der Waals surface area contributed by atoms with E-state index >= 15 is 0 Å². The molecule has 17 heavy (non-hydrogen) atoms. The van der Waals surface area contributed by atoms with Crippen molar-refractivity contribution in [2.45, 2.75) is 26.4 Å². The van der Waals surface area contributed by atoms with E-state index < -0.39 is 0 Å². The topological polar surface area (TPSA) is 87.1 Å². The third kappa shape index (κ3) is 4.78. The predicted molar refractivity (Wildman–Crippen MR) is 64.8 cm³/mol. The fourth-order valence-electron chi connectivity index (χ4n) is 1.21. The summed E-state index contributed by atoms with van der Waals surface area (Å²) < 4.78 is 0. The zero-order valence-electron chi connectivity index (χ0n) is 10.1. The Morgan fingerprint density at radius 1 is 1.47 bits per heavy atom. The average molecular weight is 238 g/mol. The van der Waals surface area contributed by atoms with E-state index in [0.29, 0.717) is 31.0 Å². The molecule has 0 spiro atoms. The van der Waals surface area contributed by atoms with Crippen LogP contribution in [0.4, 0.5) is 5.82 Å². The van der Waals surface area contributed by atoms with Gasteiger partial charge in [0.2, 0.25) is 0 Å². The molecule has 94 valence electrons. The Morgan fingerprint density at radius 3 is 2.76 bits per heavy atom. The van der Waals surface area contributed by atoms with Crippen molar-refractivity contribution in [2.75, 3.05) is 18.4 Å². The molecule has 0 aliphatic rings. The van der Waals surface area contributed by atoms with E-state index in [1.54, 1.807) is 19.1 Å². The Bertz CT molecular complexity index is 351. The van der Waals surface area contributed by atoms with Crippen LogP contribution < -0.4 is 10.6 Å². The number of rotatable bonds is 6. The van der Waals surface area contributed by atoms with Gasteiger partial charge < -0.3 is 15.7 Å². The smallest absolute Gasteiger partial charge is 0.271 e. The Hall–Kier alpha value is -1.69. The zero-order chi connectivity index (χ0) is 12.7. The van der Waals surface area contributed by atoms with Gasteiger partial charge in [-0.25, -0.2) is 0 Å². The fourth-order valence-corrected chi connectivity index (χ4v) is 1.21. The number of aliphatic hydroxyl groups excluding tert-OH is 1. The molecular weight excluding hydrogens is 220 g/mol. The highest BCUT2D eigenvalue weighted by atomic mass is 16.3. The highest BCUT2D eigenvalue weighted by Crippen LogP contribution is 2.02. The molecule has 1 aromatic heterocycles. The largest absolute Gasteiger partial charge is 0.393 e. The summed E-state index contributed by atoms with van der Waals surface area (Å²) in [5.41, 5.74) is 0.299. The molecule has 6 heteroatoms. The summed E-state index contributed by atoms with van der Waals surface area (Å²) in [6.45, 7) is 4.75. The Morgan fingerprint density at radius 2 is 2.24 bits per heavy atom. The summed E-state index contributed by atoms with van der Waals surface area (Å²) in [6.07, 6.45) is 0.296. The Balaban J connectivity index is 2.47. The van der Waals surface area contributed by atoms with Crippen LogP contribution in [0.2, 0.25) is 0 Å². The molecule has 6 nitrogen and oxygen atoms in total. The molecule has 0 aromatic carbocycles. The first kappa shape index (κ1) is 13.4. The molecule has 1 atom stereocenters. The molecule has 1 heterocycles. The molecule has 0 saturated carbocycles. The molecule has 0 aliphatic heterocycles. The van der Waals surface area contributed by atoms with Crippen LogP contribution in [0.1, 0.15) is 30.8 Å². The van der Waals surface area contributed by atoms with Crippen molar-refractivity contribution >= 4 is 11.7 Å². The number of carbonyl (C=O) groups is 1. The molecule has 1 amide bonds. The minimum absolute atomic E-state index is 0.226. The normalized spacial score (nSPS) is 11.9. The van der Waals surface area contributed by atoms with Crippen LogP contribution in [-0.4, -0.2) is 40.4 Å². The summed E-state index contributed by atoms with van der Waals surface area (Å²) >= 11 is 0. The molecule has 3 N–H and O–H groups in total. The van der Waals surface area contributed by atoms with Crippen LogP contribution in [0.3, 0.4) is 0 Å². The van der Waals surface area contributed by atoms with Crippen molar-refractivity contribution in [1.82, 2.24) is 15.5 Å². The highest BCUT2D eigenvalue weighted by molar-refractivity contribution is 5.92. The first-order valence-corrected chi connectivity index (χ1v) is 5.67. The second-order valence-corrected chi connectivity index (χ2v) is 3.73. The average Bonchev–Trinajstić information content (AvgIpc) is 2.30. The maximum absolute atomic E-state index is 11.4. The van der Waals surface area contributed by atoms with Crippen molar-refractivity contribution in [3.05, 3.63) is 17.8 Å². The summed E-state index contributed by atoms with van der Waals surface area (Å²) in [6, 6.07) is 3.31. The van der Waals surface area contributed by atoms with Crippen molar-refractivity contribution in [1.29, 1.82) is 0 Å². The van der Waals surface area contributed by atoms with Gasteiger partial charge in [0.05, 0.1) is 6.10 Å². The molecule has 0 aliphatic carbocycles. The monoisotopic (exact) mass is 238 g/mol. The summed E-state index contributed by atoms with van der Waals surface area (Å²) in [5.74, 6) is 0.370. The number of hydrogen-bond acceptors (Lipinski definition) is 5. The van der Waals surface area contributed by atoms with E-state index in [1.165, 1.54) is 0 Å². The van der Waals surface area contributed by atoms with Gasteiger partial charge in [0.15, 0.2) is 5.69 Å². The Kier molecular flexibility index (Phi) is 5.35. The summed E-state index contributed by atoms with van der Waals surface area (Å²) in [4.78, 5) is 11.4. The third-order valence-corrected chi connectivity index (χ3v) is 2.10. The van der Waals surface area contributed by atoms with Crippen molar-refractivity contribution < 1.29 is 9.90 Å². The molecule has 0 radical (unpaired) electrons. The van der Waals surface area contributed by atoms with E-state index in [4.69, 9.17) is 5.11 Å². The van der Waals surface area contributed by atoms with Gasteiger partial charge in [0.25, 0.3) is 5.91 Å². The van der Waals surface area contributed by atoms with Crippen LogP contribution in [0, 0.1) is 0 Å². The zero-order valence-corrected chi connectivity index (χ0v) is 10.1. The fraction of sp³-hybridized carbons (Fsp3) is 0.545. The first-order chi connectivity index (χ1) is 8.13. The van der Waals surface area contributed by atoms with Gasteiger partial charge in [0.1, 0.15) is 5.82 Å². The number of aromatic nitrogens is 2. The summed E-state index contributed by atoms with van der Waals surface area (Å²) in [7, 11) is 0. The lowest BCUT2D eigenvalue weighted by atomic mass is 10.3. The van der Waals surface area contributed by atoms with Gasteiger partial charge in [0, 0.05) is 13.1 Å². The SMILES string of the molecule is CCNC(=O)c1ccc(NCCC(C)O)nn1. The number of aliphatic hydroxyl groups is 1. The van der Waals surface area contributed by atoms with Crippen LogP contribution in [0.5, 0.6) is 0 Å². The third-order valence-electron chi connectivity index (χ3n) is 2.10. The molecular formula is C11H18N4O2. The van der Waals surface area contributed by atoms with E-state index in [1.807, 2.05) is 6.92 Å². The van der Waals surface area contributed by atoms with Crippen molar-refractivity contribution in [2.24, 2.45) is 0 Å². The molecule has 0 bridgehead atoms. The number of amides is 1. The van der Waals surface area contributed by atoms with Gasteiger partial charge in [-0.3, -0.25) is 4.79 Å². The van der Waals surface area contributed by atoms with E-state index in [0.717, 1.165) is 0 Å². The molecule has 1 aromatic rings. The summed E-state index contributed by atoms with van der Waals surface area (Å²) in [5, 5.41) is 22.4. The molecule has 0 fully saturated rings. The van der Waals surface area contributed by atoms with Crippen molar-refractivity contribution in [3.63, 3.8) is 0 Å². The van der Waals surface area contributed by atoms with Gasteiger partial charge in [-0.1, -0.05) is 0 Å².